The van der Waals surface area contributed by atoms with E-state index in [2.05, 4.69) is 0 Å². The van der Waals surface area contributed by atoms with E-state index in [1.165, 1.54) is 6.26 Å². The number of rotatable bonds is 2. The van der Waals surface area contributed by atoms with Crippen molar-refractivity contribution in [3.63, 3.8) is 0 Å². The lowest BCUT2D eigenvalue weighted by molar-refractivity contribution is 0.678. The minimum Gasteiger partial charge on any atom is -0.330 e. The van der Waals surface area contributed by atoms with E-state index in [-0.39, 0.29) is 12.4 Å². The molecule has 0 fully saturated rings. The van der Waals surface area contributed by atoms with Gasteiger partial charge in [-0.1, -0.05) is 0 Å². The standard InChI is InChI=1S/C3H10N2OS.ClH/c1-7(5,6)3-2-4;/h5H,2-4H2,1H3;1H. The molecule has 0 bridgehead atoms. The van der Waals surface area contributed by atoms with Gasteiger partial charge in [0.25, 0.3) is 0 Å². The van der Waals surface area contributed by atoms with Gasteiger partial charge in [0.1, 0.15) is 0 Å². The van der Waals surface area contributed by atoms with Gasteiger partial charge >= 0.3 is 0 Å². The lowest BCUT2D eigenvalue weighted by atomic mass is 10.8. The van der Waals surface area contributed by atoms with Crippen LogP contribution in [0.5, 0.6) is 0 Å². The van der Waals surface area contributed by atoms with E-state index in [0.717, 1.165) is 0 Å². The molecule has 0 rings (SSSR count). The van der Waals surface area contributed by atoms with Crippen molar-refractivity contribution in [2.45, 2.75) is 0 Å². The second-order valence-electron chi connectivity index (χ2n) is 1.50. The molecule has 8 heavy (non-hydrogen) atoms. The van der Waals surface area contributed by atoms with Crippen molar-refractivity contribution in [2.75, 3.05) is 18.6 Å². The molecule has 0 spiro atoms. The van der Waals surface area contributed by atoms with Gasteiger partial charge < -0.3 is 5.73 Å². The van der Waals surface area contributed by atoms with Gasteiger partial charge in [0.2, 0.25) is 0 Å². The summed E-state index contributed by atoms with van der Waals surface area (Å²) in [7, 11) is -2.30. The average molecular weight is 159 g/mol. The van der Waals surface area contributed by atoms with E-state index in [9.17, 15) is 4.21 Å². The number of nitrogens with one attached hydrogen (secondary N) is 1. The zero-order valence-electron chi connectivity index (χ0n) is 4.72. The highest BCUT2D eigenvalue weighted by atomic mass is 35.5. The molecule has 0 aromatic carbocycles. The van der Waals surface area contributed by atoms with Gasteiger partial charge in [0.15, 0.2) is 0 Å². The van der Waals surface area contributed by atoms with Crippen molar-refractivity contribution in [3.05, 3.63) is 0 Å². The average Bonchev–Trinajstić information content (AvgIpc) is 1.30. The third kappa shape index (κ3) is 9.50. The fourth-order valence-electron chi connectivity index (χ4n) is 0.225. The van der Waals surface area contributed by atoms with Gasteiger partial charge in [-0.25, -0.2) is 0 Å². The van der Waals surface area contributed by atoms with E-state index in [1.807, 2.05) is 0 Å². The second kappa shape index (κ2) is 4.12. The van der Waals surface area contributed by atoms with Crippen LogP contribution in [0.3, 0.4) is 0 Å². The molecular formula is C3H11ClN2OS. The predicted octanol–water partition coefficient (Wildman–Crippen LogP) is 0.0435. The van der Waals surface area contributed by atoms with Crippen molar-refractivity contribution in [1.82, 2.24) is 0 Å². The van der Waals surface area contributed by atoms with Crippen molar-refractivity contribution in [3.8, 4) is 0 Å². The van der Waals surface area contributed by atoms with Crippen LogP contribution in [-0.4, -0.2) is 22.8 Å². The smallest absolute Gasteiger partial charge is 0.0435 e. The fraction of sp³-hybridized carbons (Fsp3) is 1.00. The Kier molecular flexibility index (Phi) is 5.69. The summed E-state index contributed by atoms with van der Waals surface area (Å²) in [6.45, 7) is 0.346. The zero-order chi connectivity index (χ0) is 5.91. The maximum atomic E-state index is 10.4. The van der Waals surface area contributed by atoms with Crippen LogP contribution in [0.1, 0.15) is 0 Å². The van der Waals surface area contributed by atoms with E-state index >= 15 is 0 Å². The van der Waals surface area contributed by atoms with Crippen LogP contribution in [0.4, 0.5) is 0 Å². The Morgan fingerprint density at radius 1 is 1.75 bits per heavy atom. The molecule has 3 N–H and O–H groups in total. The quantitative estimate of drug-likeness (QED) is 0.596. The number of hydrogen-bond acceptors (Lipinski definition) is 3. The number of hydrogen-bond donors (Lipinski definition) is 2. The van der Waals surface area contributed by atoms with E-state index < -0.39 is 9.73 Å². The first kappa shape index (κ1) is 11.1. The predicted molar refractivity (Wildman–Crippen MR) is 38.0 cm³/mol. The maximum absolute atomic E-state index is 10.4. The van der Waals surface area contributed by atoms with Gasteiger partial charge in [-0.3, -0.25) is 8.99 Å². The molecule has 0 aromatic heterocycles. The lowest BCUT2D eigenvalue weighted by Gasteiger charge is -1.92. The second-order valence-corrected chi connectivity index (χ2v) is 3.92. The Balaban J connectivity index is 0. The molecule has 0 aromatic rings. The summed E-state index contributed by atoms with van der Waals surface area (Å²) in [5.74, 6) is 0.312. The Labute approximate surface area is 56.0 Å². The van der Waals surface area contributed by atoms with Crippen LogP contribution in [0.25, 0.3) is 0 Å². The van der Waals surface area contributed by atoms with Crippen LogP contribution >= 0.6 is 12.4 Å². The summed E-state index contributed by atoms with van der Waals surface area (Å²) in [5.41, 5.74) is 5.02. The van der Waals surface area contributed by atoms with Crippen LogP contribution in [0.15, 0.2) is 0 Å². The third-order valence-corrected chi connectivity index (χ3v) is 1.52. The third-order valence-electron chi connectivity index (χ3n) is 0.507. The van der Waals surface area contributed by atoms with Crippen LogP contribution in [-0.2, 0) is 9.73 Å². The molecule has 0 aliphatic heterocycles. The Hall–Kier alpha value is 0.200. The highest BCUT2D eigenvalue weighted by Gasteiger charge is 1.90. The zero-order valence-corrected chi connectivity index (χ0v) is 6.35. The molecule has 0 aliphatic rings. The fourth-order valence-corrected chi connectivity index (χ4v) is 0.675. The molecular weight excluding hydrogens is 148 g/mol. The van der Waals surface area contributed by atoms with Crippen molar-refractivity contribution >= 4 is 22.1 Å². The van der Waals surface area contributed by atoms with E-state index in [4.69, 9.17) is 10.5 Å². The summed E-state index contributed by atoms with van der Waals surface area (Å²) in [6.07, 6.45) is 1.39. The molecule has 0 aliphatic carbocycles. The molecule has 0 radical (unpaired) electrons. The largest absolute Gasteiger partial charge is 0.330 e. The minimum atomic E-state index is -2.30. The molecule has 1 atom stereocenters. The van der Waals surface area contributed by atoms with Crippen LogP contribution < -0.4 is 5.73 Å². The van der Waals surface area contributed by atoms with Gasteiger partial charge in [-0.15, -0.1) is 12.4 Å². The Morgan fingerprint density at radius 3 is 2.12 bits per heavy atom. The Morgan fingerprint density at radius 2 is 2.12 bits per heavy atom. The monoisotopic (exact) mass is 158 g/mol. The van der Waals surface area contributed by atoms with Crippen molar-refractivity contribution in [1.29, 1.82) is 4.78 Å². The highest BCUT2D eigenvalue weighted by Crippen LogP contribution is 1.78. The molecule has 3 nitrogen and oxygen atoms in total. The normalized spacial score (nSPS) is 16.2. The van der Waals surface area contributed by atoms with Gasteiger partial charge in [-0.2, -0.15) is 0 Å². The summed E-state index contributed by atoms with van der Waals surface area (Å²) in [5, 5.41) is 0. The number of halogens is 1. The van der Waals surface area contributed by atoms with E-state index in [1.54, 1.807) is 0 Å². The first-order valence-corrected chi connectivity index (χ1v) is 4.11. The van der Waals surface area contributed by atoms with Gasteiger partial charge in [0.05, 0.1) is 0 Å². The molecule has 0 heterocycles. The summed E-state index contributed by atoms with van der Waals surface area (Å²) >= 11 is 0. The Bertz CT molecular complexity index is 130. The summed E-state index contributed by atoms with van der Waals surface area (Å²) in [4.78, 5) is 0. The van der Waals surface area contributed by atoms with Crippen molar-refractivity contribution < 1.29 is 4.21 Å². The first-order valence-electron chi connectivity index (χ1n) is 1.98. The molecule has 0 saturated carbocycles. The molecule has 5 heteroatoms. The van der Waals surface area contributed by atoms with Crippen LogP contribution in [0.2, 0.25) is 0 Å². The molecule has 0 amide bonds. The molecule has 1 unspecified atom stereocenters. The lowest BCUT2D eigenvalue weighted by Crippen LogP contribution is -2.12. The van der Waals surface area contributed by atoms with Crippen LogP contribution in [0, 0.1) is 4.78 Å². The van der Waals surface area contributed by atoms with E-state index in [0.29, 0.717) is 12.3 Å². The van der Waals surface area contributed by atoms with Gasteiger partial charge in [-0.05, 0) is 0 Å². The maximum Gasteiger partial charge on any atom is 0.0435 e. The first-order chi connectivity index (χ1) is 3.06. The SMILES string of the molecule is CS(=N)(=O)CCN.Cl. The number of nitrogens with two attached hydrogens (primary N) is 1. The van der Waals surface area contributed by atoms with Gasteiger partial charge in [0, 0.05) is 28.3 Å². The highest BCUT2D eigenvalue weighted by molar-refractivity contribution is 7.91. The van der Waals surface area contributed by atoms with Crippen molar-refractivity contribution in [2.24, 2.45) is 5.73 Å². The summed E-state index contributed by atoms with van der Waals surface area (Å²) in [6, 6.07) is 0. The topological polar surface area (TPSA) is 66.9 Å². The molecule has 0 saturated heterocycles. The summed E-state index contributed by atoms with van der Waals surface area (Å²) < 4.78 is 17.2. The molecule has 52 valence electrons. The minimum absolute atomic E-state index is 0.